The van der Waals surface area contributed by atoms with Gasteiger partial charge in [0, 0.05) is 29.4 Å². The summed E-state index contributed by atoms with van der Waals surface area (Å²) < 4.78 is 11.9. The molecule has 1 N–H and O–H groups in total. The second kappa shape index (κ2) is 4.59. The minimum Gasteiger partial charge on any atom is -0.459 e. The average molecular weight is 285 g/mol. The molecule has 112 valence electrons. The van der Waals surface area contributed by atoms with E-state index < -0.39 is 0 Å². The number of para-hydroxylation sites is 1. The largest absolute Gasteiger partial charge is 0.459 e. The number of hydrogen-bond donors (Lipinski definition) is 1. The van der Waals surface area contributed by atoms with Gasteiger partial charge in [0.15, 0.2) is 0 Å². The van der Waals surface area contributed by atoms with Crippen LogP contribution in [0.15, 0.2) is 34.7 Å². The molecule has 0 spiro atoms. The summed E-state index contributed by atoms with van der Waals surface area (Å²) >= 11 is 0. The number of rotatable bonds is 3. The maximum Gasteiger partial charge on any atom is 0.134 e. The molecule has 3 heteroatoms. The summed E-state index contributed by atoms with van der Waals surface area (Å²) in [6.45, 7) is 7.72. The van der Waals surface area contributed by atoms with Crippen LogP contribution in [-0.4, -0.2) is 18.8 Å². The van der Waals surface area contributed by atoms with E-state index in [2.05, 4.69) is 44.3 Å². The number of furan rings is 1. The molecule has 0 radical (unpaired) electrons. The molecule has 1 saturated carbocycles. The molecular formula is C18H23NO2. The van der Waals surface area contributed by atoms with Crippen molar-refractivity contribution in [2.45, 2.75) is 45.4 Å². The molecule has 2 fully saturated rings. The highest BCUT2D eigenvalue weighted by Gasteiger charge is 2.59. The van der Waals surface area contributed by atoms with Gasteiger partial charge in [0.25, 0.3) is 0 Å². The van der Waals surface area contributed by atoms with E-state index in [1.807, 2.05) is 12.1 Å². The second-order valence-corrected chi connectivity index (χ2v) is 7.12. The molecule has 1 aromatic heterocycles. The van der Waals surface area contributed by atoms with Crippen molar-refractivity contribution in [3.8, 4) is 0 Å². The van der Waals surface area contributed by atoms with Gasteiger partial charge in [-0.05, 0) is 25.5 Å². The van der Waals surface area contributed by atoms with Crippen LogP contribution in [0.3, 0.4) is 0 Å². The number of benzene rings is 1. The van der Waals surface area contributed by atoms with E-state index in [1.165, 1.54) is 11.8 Å². The Hall–Kier alpha value is -1.32. The lowest BCUT2D eigenvalue weighted by Crippen LogP contribution is -2.66. The van der Waals surface area contributed by atoms with Crippen LogP contribution in [0.4, 0.5) is 0 Å². The summed E-state index contributed by atoms with van der Waals surface area (Å²) in [6.07, 6.45) is 1.61. The van der Waals surface area contributed by atoms with Crippen LogP contribution < -0.4 is 5.32 Å². The van der Waals surface area contributed by atoms with Crippen molar-refractivity contribution in [1.82, 2.24) is 5.32 Å². The summed E-state index contributed by atoms with van der Waals surface area (Å²) in [6, 6.07) is 11.1. The molecule has 1 aliphatic heterocycles. The normalized spacial score (nSPS) is 31.9. The standard InChI is InChI=1S/C18H23NO2/c1-11(15-10-12-6-4-5-7-14(12)21-15)19-16-13-8-9-20-17(13)18(16,2)3/h4-7,10-11,13,16-17,19H,8-9H2,1-3H3. The Morgan fingerprint density at radius 2 is 2.10 bits per heavy atom. The van der Waals surface area contributed by atoms with Gasteiger partial charge < -0.3 is 14.5 Å². The minimum absolute atomic E-state index is 0.210. The molecule has 2 aromatic rings. The SMILES string of the molecule is CC(NC1C2CCOC2C1(C)C)c1cc2ccccc2o1. The Morgan fingerprint density at radius 3 is 2.90 bits per heavy atom. The van der Waals surface area contributed by atoms with Gasteiger partial charge in [0.05, 0.1) is 12.1 Å². The fourth-order valence-electron chi connectivity index (χ4n) is 4.23. The van der Waals surface area contributed by atoms with Gasteiger partial charge in [0.1, 0.15) is 11.3 Å². The Labute approximate surface area is 125 Å². The minimum atomic E-state index is 0.210. The predicted octanol–water partition coefficient (Wildman–Crippen LogP) is 3.90. The molecule has 1 aromatic carbocycles. The molecule has 1 saturated heterocycles. The van der Waals surface area contributed by atoms with Gasteiger partial charge in [0.2, 0.25) is 0 Å². The Bertz CT molecular complexity index is 627. The first-order valence-corrected chi connectivity index (χ1v) is 7.93. The third kappa shape index (κ3) is 1.95. The third-order valence-electron chi connectivity index (χ3n) is 5.40. The zero-order valence-electron chi connectivity index (χ0n) is 12.9. The number of fused-ring (bicyclic) bond motifs is 2. The molecule has 2 heterocycles. The number of nitrogens with one attached hydrogen (secondary N) is 1. The first kappa shape index (κ1) is 13.4. The lowest BCUT2D eigenvalue weighted by Gasteiger charge is -2.55. The van der Waals surface area contributed by atoms with Gasteiger partial charge in [-0.15, -0.1) is 0 Å². The van der Waals surface area contributed by atoms with E-state index in [1.54, 1.807) is 0 Å². The van der Waals surface area contributed by atoms with Gasteiger partial charge >= 0.3 is 0 Å². The van der Waals surface area contributed by atoms with Crippen molar-refractivity contribution in [3.63, 3.8) is 0 Å². The topological polar surface area (TPSA) is 34.4 Å². The van der Waals surface area contributed by atoms with Crippen molar-refractivity contribution in [1.29, 1.82) is 0 Å². The molecule has 4 unspecified atom stereocenters. The first-order valence-electron chi connectivity index (χ1n) is 7.93. The van der Waals surface area contributed by atoms with Crippen LogP contribution >= 0.6 is 0 Å². The Morgan fingerprint density at radius 1 is 1.29 bits per heavy atom. The van der Waals surface area contributed by atoms with Crippen LogP contribution in [0, 0.1) is 11.3 Å². The molecule has 21 heavy (non-hydrogen) atoms. The molecule has 0 bridgehead atoms. The van der Waals surface area contributed by atoms with Crippen LogP contribution in [0.1, 0.15) is 39.0 Å². The number of hydrogen-bond acceptors (Lipinski definition) is 3. The van der Waals surface area contributed by atoms with Crippen LogP contribution in [0.25, 0.3) is 11.0 Å². The van der Waals surface area contributed by atoms with E-state index in [9.17, 15) is 0 Å². The molecule has 1 aliphatic carbocycles. The molecule has 4 atom stereocenters. The van der Waals surface area contributed by atoms with Crippen molar-refractivity contribution in [2.75, 3.05) is 6.61 Å². The van der Waals surface area contributed by atoms with Crippen molar-refractivity contribution in [2.24, 2.45) is 11.3 Å². The maximum absolute atomic E-state index is 5.99. The lowest BCUT2D eigenvalue weighted by molar-refractivity contribution is -0.115. The van der Waals surface area contributed by atoms with E-state index in [0.717, 1.165) is 18.0 Å². The van der Waals surface area contributed by atoms with Gasteiger partial charge in [-0.1, -0.05) is 32.0 Å². The molecule has 0 amide bonds. The van der Waals surface area contributed by atoms with E-state index in [0.29, 0.717) is 18.1 Å². The van der Waals surface area contributed by atoms with Gasteiger partial charge in [-0.3, -0.25) is 0 Å². The second-order valence-electron chi connectivity index (χ2n) is 7.12. The summed E-state index contributed by atoms with van der Waals surface area (Å²) in [5, 5.41) is 4.96. The van der Waals surface area contributed by atoms with Crippen molar-refractivity contribution in [3.05, 3.63) is 36.1 Å². The monoisotopic (exact) mass is 285 g/mol. The number of ether oxygens (including phenoxy) is 1. The summed E-state index contributed by atoms with van der Waals surface area (Å²) in [5.41, 5.74) is 1.18. The van der Waals surface area contributed by atoms with E-state index >= 15 is 0 Å². The third-order valence-corrected chi connectivity index (χ3v) is 5.40. The van der Waals surface area contributed by atoms with E-state index in [4.69, 9.17) is 9.15 Å². The van der Waals surface area contributed by atoms with Crippen LogP contribution in [0.2, 0.25) is 0 Å². The van der Waals surface area contributed by atoms with Crippen LogP contribution in [0.5, 0.6) is 0 Å². The average Bonchev–Trinajstić information content (AvgIpc) is 3.09. The van der Waals surface area contributed by atoms with Crippen molar-refractivity contribution < 1.29 is 9.15 Å². The predicted molar refractivity (Wildman–Crippen MR) is 83.2 cm³/mol. The quantitative estimate of drug-likeness (QED) is 0.929. The molecule has 2 aliphatic rings. The van der Waals surface area contributed by atoms with Gasteiger partial charge in [-0.2, -0.15) is 0 Å². The fraction of sp³-hybridized carbons (Fsp3) is 0.556. The molecular weight excluding hydrogens is 262 g/mol. The Balaban J connectivity index is 1.54. The summed E-state index contributed by atoms with van der Waals surface area (Å²) in [5.74, 6) is 1.68. The molecule has 4 rings (SSSR count). The fourth-order valence-corrected chi connectivity index (χ4v) is 4.23. The van der Waals surface area contributed by atoms with Crippen molar-refractivity contribution >= 4 is 11.0 Å². The Kier molecular flexibility index (Phi) is 2.92. The zero-order valence-corrected chi connectivity index (χ0v) is 12.9. The van der Waals surface area contributed by atoms with Crippen LogP contribution in [-0.2, 0) is 4.74 Å². The lowest BCUT2D eigenvalue weighted by atomic mass is 9.57. The highest BCUT2D eigenvalue weighted by atomic mass is 16.5. The van der Waals surface area contributed by atoms with E-state index in [-0.39, 0.29) is 11.5 Å². The maximum atomic E-state index is 5.99. The summed E-state index contributed by atoms with van der Waals surface area (Å²) in [4.78, 5) is 0. The molecule has 3 nitrogen and oxygen atoms in total. The van der Waals surface area contributed by atoms with Gasteiger partial charge in [-0.25, -0.2) is 0 Å². The first-order chi connectivity index (χ1) is 10.1. The summed E-state index contributed by atoms with van der Waals surface area (Å²) in [7, 11) is 0. The highest BCUT2D eigenvalue weighted by Crippen LogP contribution is 2.52. The smallest absolute Gasteiger partial charge is 0.134 e. The highest BCUT2D eigenvalue weighted by molar-refractivity contribution is 5.77. The zero-order chi connectivity index (χ0) is 14.6.